The number of rotatable bonds is 6. The third-order valence-corrected chi connectivity index (χ3v) is 5.36. The quantitative estimate of drug-likeness (QED) is 0.813. The summed E-state index contributed by atoms with van der Waals surface area (Å²) in [5, 5.41) is 14.0. The topological polar surface area (TPSA) is 72.9 Å². The first-order valence-corrected chi connectivity index (χ1v) is 9.66. The van der Waals surface area contributed by atoms with Crippen molar-refractivity contribution in [2.24, 2.45) is 0 Å². The average molecular weight is 373 g/mol. The van der Waals surface area contributed by atoms with Gasteiger partial charge in [0.1, 0.15) is 0 Å². The summed E-state index contributed by atoms with van der Waals surface area (Å²) < 4.78 is 0. The first-order chi connectivity index (χ1) is 12.6. The lowest BCUT2D eigenvalue weighted by molar-refractivity contribution is 0.0696. The van der Waals surface area contributed by atoms with Crippen LogP contribution >= 0.6 is 11.3 Å². The zero-order valence-electron chi connectivity index (χ0n) is 14.8. The van der Waals surface area contributed by atoms with Crippen LogP contribution < -0.4 is 10.2 Å². The highest BCUT2D eigenvalue weighted by atomic mass is 32.1. The number of nitrogens with zero attached hydrogens (tertiary/aromatic N) is 2. The molecule has 1 saturated heterocycles. The van der Waals surface area contributed by atoms with Crippen molar-refractivity contribution >= 4 is 34.6 Å². The molecule has 1 aromatic carbocycles. The third-order valence-electron chi connectivity index (χ3n) is 4.49. The largest absolute Gasteiger partial charge is 0.478 e. The molecule has 1 amide bonds. The number of carbonyl (C=O) groups is 2. The number of carbonyl (C=O) groups excluding carboxylic acids is 1. The molecule has 1 aliphatic rings. The van der Waals surface area contributed by atoms with Gasteiger partial charge in [-0.25, -0.2) is 4.79 Å². The Labute approximate surface area is 157 Å². The number of benzene rings is 1. The van der Waals surface area contributed by atoms with E-state index >= 15 is 0 Å². The van der Waals surface area contributed by atoms with Gasteiger partial charge < -0.3 is 15.3 Å². The highest BCUT2D eigenvalue weighted by molar-refractivity contribution is 7.12. The molecule has 6 nitrogen and oxygen atoms in total. The van der Waals surface area contributed by atoms with Crippen molar-refractivity contribution in [2.75, 3.05) is 42.9 Å². The fourth-order valence-corrected chi connectivity index (χ4v) is 3.78. The lowest BCUT2D eigenvalue weighted by Gasteiger charge is -2.36. The van der Waals surface area contributed by atoms with Crippen LogP contribution in [0.3, 0.4) is 0 Å². The van der Waals surface area contributed by atoms with Crippen molar-refractivity contribution in [1.82, 2.24) is 4.90 Å². The summed E-state index contributed by atoms with van der Waals surface area (Å²) >= 11 is 1.36. The highest BCUT2D eigenvalue weighted by Crippen LogP contribution is 2.29. The molecule has 0 aliphatic carbocycles. The maximum absolute atomic E-state index is 12.5. The molecule has 0 spiro atoms. The fourth-order valence-electron chi connectivity index (χ4n) is 3.17. The van der Waals surface area contributed by atoms with Gasteiger partial charge in [-0.05, 0) is 42.6 Å². The Kier molecular flexibility index (Phi) is 5.90. The van der Waals surface area contributed by atoms with Crippen LogP contribution in [0.25, 0.3) is 0 Å². The maximum Gasteiger partial charge on any atom is 0.335 e. The molecule has 1 fully saturated rings. The molecule has 0 unspecified atom stereocenters. The minimum absolute atomic E-state index is 0.167. The lowest BCUT2D eigenvalue weighted by atomic mass is 10.1. The summed E-state index contributed by atoms with van der Waals surface area (Å²) in [6.07, 6.45) is 1.13. The van der Waals surface area contributed by atoms with Crippen LogP contribution in [0.5, 0.6) is 0 Å². The Bertz CT molecular complexity index is 768. The van der Waals surface area contributed by atoms with Crippen LogP contribution in [-0.4, -0.2) is 54.6 Å². The van der Waals surface area contributed by atoms with Crippen LogP contribution in [0, 0.1) is 0 Å². The van der Waals surface area contributed by atoms with Gasteiger partial charge in [-0.3, -0.25) is 9.69 Å². The number of amides is 1. The Balaban J connectivity index is 1.82. The molecule has 2 N–H and O–H groups in total. The Morgan fingerprint density at radius 3 is 2.58 bits per heavy atom. The van der Waals surface area contributed by atoms with E-state index < -0.39 is 5.97 Å². The maximum atomic E-state index is 12.5. The van der Waals surface area contributed by atoms with Gasteiger partial charge in [-0.15, -0.1) is 11.3 Å². The summed E-state index contributed by atoms with van der Waals surface area (Å²) in [4.78, 5) is 29.0. The minimum atomic E-state index is -1.00. The average Bonchev–Trinajstić information content (AvgIpc) is 3.17. The molecule has 1 aromatic heterocycles. The number of hydrogen-bond acceptors (Lipinski definition) is 5. The smallest absolute Gasteiger partial charge is 0.335 e. The summed E-state index contributed by atoms with van der Waals surface area (Å²) in [6, 6.07) is 8.51. The molecule has 0 radical (unpaired) electrons. The van der Waals surface area contributed by atoms with Gasteiger partial charge in [-0.1, -0.05) is 13.0 Å². The number of hydrogen-bond donors (Lipinski definition) is 2. The molecule has 138 valence electrons. The van der Waals surface area contributed by atoms with Crippen LogP contribution in [0.2, 0.25) is 0 Å². The fraction of sp³-hybridized carbons (Fsp3) is 0.368. The Morgan fingerprint density at radius 2 is 1.96 bits per heavy atom. The molecule has 0 atom stereocenters. The van der Waals surface area contributed by atoms with Crippen LogP contribution in [-0.2, 0) is 0 Å². The number of anilines is 2. The van der Waals surface area contributed by atoms with Gasteiger partial charge in [0.15, 0.2) is 0 Å². The second-order valence-electron chi connectivity index (χ2n) is 6.30. The van der Waals surface area contributed by atoms with Crippen LogP contribution in [0.15, 0.2) is 35.7 Å². The van der Waals surface area contributed by atoms with Crippen LogP contribution in [0.1, 0.15) is 33.4 Å². The third kappa shape index (κ3) is 4.23. The highest BCUT2D eigenvalue weighted by Gasteiger charge is 2.21. The molecule has 2 heterocycles. The Hall–Kier alpha value is -2.38. The van der Waals surface area contributed by atoms with E-state index in [0.29, 0.717) is 10.6 Å². The molecule has 0 bridgehead atoms. The number of piperazine rings is 1. The van der Waals surface area contributed by atoms with E-state index in [1.165, 1.54) is 11.3 Å². The first kappa shape index (κ1) is 18.4. The van der Waals surface area contributed by atoms with Crippen molar-refractivity contribution in [1.29, 1.82) is 0 Å². The number of carboxylic acid groups (broad SMARTS) is 1. The monoisotopic (exact) mass is 373 g/mol. The summed E-state index contributed by atoms with van der Waals surface area (Å²) in [5.74, 6) is -1.22. The SMILES string of the molecule is CCCN1CCN(c2ccc(C(=O)O)cc2NC(=O)c2cccs2)CC1. The summed E-state index contributed by atoms with van der Waals surface area (Å²) in [6.45, 7) is 6.91. The normalized spacial score (nSPS) is 15.0. The molecule has 0 saturated carbocycles. The second kappa shape index (κ2) is 8.33. The van der Waals surface area contributed by atoms with Gasteiger partial charge in [0.2, 0.25) is 0 Å². The minimum Gasteiger partial charge on any atom is -0.478 e. The van der Waals surface area contributed by atoms with E-state index in [1.807, 2.05) is 11.4 Å². The Morgan fingerprint density at radius 1 is 1.19 bits per heavy atom. The molecule has 3 rings (SSSR count). The van der Waals surface area contributed by atoms with E-state index in [0.717, 1.165) is 44.8 Å². The molecule has 26 heavy (non-hydrogen) atoms. The second-order valence-corrected chi connectivity index (χ2v) is 7.24. The number of nitrogens with one attached hydrogen (secondary N) is 1. The van der Waals surface area contributed by atoms with Gasteiger partial charge in [0.25, 0.3) is 5.91 Å². The van der Waals surface area contributed by atoms with E-state index in [4.69, 9.17) is 0 Å². The zero-order valence-corrected chi connectivity index (χ0v) is 15.6. The molecular formula is C19H23N3O3S. The van der Waals surface area contributed by atoms with Gasteiger partial charge in [-0.2, -0.15) is 0 Å². The van der Waals surface area contributed by atoms with Crippen molar-refractivity contribution < 1.29 is 14.7 Å². The van der Waals surface area contributed by atoms with E-state index in [2.05, 4.69) is 22.0 Å². The number of thiophene rings is 1. The molecular weight excluding hydrogens is 350 g/mol. The van der Waals surface area contributed by atoms with Gasteiger partial charge >= 0.3 is 5.97 Å². The lowest BCUT2D eigenvalue weighted by Crippen LogP contribution is -2.46. The van der Waals surface area contributed by atoms with Crippen molar-refractivity contribution in [3.63, 3.8) is 0 Å². The molecule has 2 aromatic rings. The summed E-state index contributed by atoms with van der Waals surface area (Å²) in [5.41, 5.74) is 1.59. The van der Waals surface area contributed by atoms with Crippen molar-refractivity contribution in [3.05, 3.63) is 46.2 Å². The van der Waals surface area contributed by atoms with Gasteiger partial charge in [0, 0.05) is 26.2 Å². The standard InChI is InChI=1S/C19H23N3O3S/c1-2-7-21-8-10-22(11-9-21)16-6-5-14(19(24)25)13-15(16)20-18(23)17-4-3-12-26-17/h3-6,12-13H,2,7-11H2,1H3,(H,20,23)(H,24,25). The molecule has 7 heteroatoms. The van der Waals surface area contributed by atoms with E-state index in [1.54, 1.807) is 24.3 Å². The number of carboxylic acids is 1. The van der Waals surface area contributed by atoms with Crippen molar-refractivity contribution in [2.45, 2.75) is 13.3 Å². The summed E-state index contributed by atoms with van der Waals surface area (Å²) in [7, 11) is 0. The molecule has 1 aliphatic heterocycles. The predicted octanol–water partition coefficient (Wildman–Crippen LogP) is 3.23. The van der Waals surface area contributed by atoms with Crippen LogP contribution in [0.4, 0.5) is 11.4 Å². The van der Waals surface area contributed by atoms with Crippen molar-refractivity contribution in [3.8, 4) is 0 Å². The predicted molar refractivity (Wildman–Crippen MR) is 105 cm³/mol. The van der Waals surface area contributed by atoms with Gasteiger partial charge in [0.05, 0.1) is 21.8 Å². The first-order valence-electron chi connectivity index (χ1n) is 8.78. The zero-order chi connectivity index (χ0) is 18.5. The van der Waals surface area contributed by atoms with E-state index in [9.17, 15) is 14.7 Å². The van der Waals surface area contributed by atoms with E-state index in [-0.39, 0.29) is 11.5 Å². The number of aromatic carboxylic acids is 1.